The lowest BCUT2D eigenvalue weighted by molar-refractivity contribution is -0.142. The van der Waals surface area contributed by atoms with E-state index in [1.807, 2.05) is 60.4 Å². The number of benzene rings is 2. The summed E-state index contributed by atoms with van der Waals surface area (Å²) >= 11 is 0. The van der Waals surface area contributed by atoms with Gasteiger partial charge in [0.2, 0.25) is 5.91 Å². The number of aryl methyl sites for hydroxylation is 1. The zero-order valence-corrected chi connectivity index (χ0v) is 17.9. The maximum atomic E-state index is 12.4. The van der Waals surface area contributed by atoms with E-state index in [1.54, 1.807) is 0 Å². The smallest absolute Gasteiger partial charge is 0.251 e. The molecule has 0 radical (unpaired) electrons. The lowest BCUT2D eigenvalue weighted by atomic mass is 10.2. The third kappa shape index (κ3) is 5.83. The Morgan fingerprint density at radius 3 is 2.52 bits per heavy atom. The number of piperazine rings is 1. The maximum Gasteiger partial charge on any atom is 0.251 e. The van der Waals surface area contributed by atoms with Crippen molar-refractivity contribution in [1.29, 1.82) is 0 Å². The van der Waals surface area contributed by atoms with Crippen LogP contribution < -0.4 is 10.1 Å². The fourth-order valence-electron chi connectivity index (χ4n) is 3.93. The van der Waals surface area contributed by atoms with Crippen molar-refractivity contribution in [2.24, 2.45) is 0 Å². The highest BCUT2D eigenvalue weighted by atomic mass is 16.5. The van der Waals surface area contributed by atoms with E-state index in [-0.39, 0.29) is 17.9 Å². The molecular formula is C24H29N3O4. The van der Waals surface area contributed by atoms with Crippen molar-refractivity contribution < 1.29 is 19.1 Å². The van der Waals surface area contributed by atoms with Crippen LogP contribution in [-0.2, 0) is 14.3 Å². The van der Waals surface area contributed by atoms with Gasteiger partial charge in [0, 0.05) is 38.5 Å². The molecule has 2 aromatic rings. The minimum absolute atomic E-state index is 0.0637. The summed E-state index contributed by atoms with van der Waals surface area (Å²) in [5, 5.41) is 2.93. The van der Waals surface area contributed by atoms with Crippen LogP contribution in [0.15, 0.2) is 48.5 Å². The second kappa shape index (κ2) is 9.94. The van der Waals surface area contributed by atoms with Gasteiger partial charge in [-0.05, 0) is 61.7 Å². The molecule has 4 rings (SSSR count). The number of hydrogen-bond acceptors (Lipinski definition) is 5. The molecule has 1 atom stereocenters. The number of anilines is 1. The van der Waals surface area contributed by atoms with E-state index in [0.29, 0.717) is 39.3 Å². The highest BCUT2D eigenvalue weighted by Gasteiger charge is 2.30. The third-order valence-corrected chi connectivity index (χ3v) is 5.62. The second-order valence-corrected chi connectivity index (χ2v) is 8.09. The predicted octanol–water partition coefficient (Wildman–Crippen LogP) is 3.05. The van der Waals surface area contributed by atoms with E-state index >= 15 is 0 Å². The fraction of sp³-hybridized carbons (Fsp3) is 0.417. The van der Waals surface area contributed by atoms with Gasteiger partial charge in [-0.25, -0.2) is 0 Å². The Morgan fingerprint density at radius 2 is 1.84 bits per heavy atom. The van der Waals surface area contributed by atoms with Gasteiger partial charge in [-0.2, -0.15) is 0 Å². The highest BCUT2D eigenvalue weighted by Crippen LogP contribution is 2.23. The average molecular weight is 424 g/mol. The van der Waals surface area contributed by atoms with Crippen LogP contribution in [0.2, 0.25) is 0 Å². The molecule has 2 aliphatic rings. The predicted molar refractivity (Wildman–Crippen MR) is 118 cm³/mol. The first kappa shape index (κ1) is 21.3. The van der Waals surface area contributed by atoms with E-state index in [4.69, 9.17) is 9.47 Å². The zero-order chi connectivity index (χ0) is 21.6. The van der Waals surface area contributed by atoms with Crippen molar-refractivity contribution in [3.63, 3.8) is 0 Å². The Morgan fingerprint density at radius 1 is 1.06 bits per heavy atom. The van der Waals surface area contributed by atoms with Gasteiger partial charge in [-0.3, -0.25) is 14.5 Å². The lowest BCUT2D eigenvalue weighted by Gasteiger charge is -2.35. The van der Waals surface area contributed by atoms with Gasteiger partial charge in [0.25, 0.3) is 5.91 Å². The molecular weight excluding hydrogens is 394 g/mol. The molecule has 7 nitrogen and oxygen atoms in total. The van der Waals surface area contributed by atoms with Crippen LogP contribution in [0.5, 0.6) is 11.5 Å². The summed E-state index contributed by atoms with van der Waals surface area (Å²) in [6.07, 6.45) is 1.50. The lowest BCUT2D eigenvalue weighted by Crippen LogP contribution is -2.52. The molecule has 164 valence electrons. The standard InChI is InChI=1S/C24H29N3O4/c1-18-4-2-5-21(16-18)31-20-9-7-19(8-10-20)25-23(28)17-26-11-13-27(14-12-26)24(29)22-6-3-15-30-22/h2,4-5,7-10,16,22H,3,6,11-15,17H2,1H3,(H,25,28). The van der Waals surface area contributed by atoms with Crippen molar-refractivity contribution in [2.45, 2.75) is 25.9 Å². The van der Waals surface area contributed by atoms with Crippen molar-refractivity contribution in [3.8, 4) is 11.5 Å². The van der Waals surface area contributed by atoms with E-state index in [0.717, 1.165) is 35.6 Å². The highest BCUT2D eigenvalue weighted by molar-refractivity contribution is 5.92. The van der Waals surface area contributed by atoms with Crippen LogP contribution in [0, 0.1) is 6.92 Å². The number of carbonyl (C=O) groups excluding carboxylic acids is 2. The number of ether oxygens (including phenoxy) is 2. The van der Waals surface area contributed by atoms with E-state index in [1.165, 1.54) is 0 Å². The van der Waals surface area contributed by atoms with Crippen molar-refractivity contribution in [1.82, 2.24) is 9.80 Å². The first-order valence-electron chi connectivity index (χ1n) is 10.8. The summed E-state index contributed by atoms with van der Waals surface area (Å²) in [5.74, 6) is 1.53. The topological polar surface area (TPSA) is 71.1 Å². The maximum absolute atomic E-state index is 12.4. The van der Waals surface area contributed by atoms with Gasteiger partial charge in [-0.15, -0.1) is 0 Å². The molecule has 31 heavy (non-hydrogen) atoms. The summed E-state index contributed by atoms with van der Waals surface area (Å²) in [6, 6.07) is 15.2. The summed E-state index contributed by atoms with van der Waals surface area (Å²) in [6.45, 7) is 5.66. The molecule has 1 unspecified atom stereocenters. The monoisotopic (exact) mass is 423 g/mol. The summed E-state index contributed by atoms with van der Waals surface area (Å²) in [7, 11) is 0. The van der Waals surface area contributed by atoms with Crippen LogP contribution in [0.4, 0.5) is 5.69 Å². The van der Waals surface area contributed by atoms with E-state index in [2.05, 4.69) is 10.2 Å². The summed E-state index contributed by atoms with van der Waals surface area (Å²) < 4.78 is 11.3. The SMILES string of the molecule is Cc1cccc(Oc2ccc(NC(=O)CN3CCN(C(=O)C4CCCO4)CC3)cc2)c1. The quantitative estimate of drug-likeness (QED) is 0.773. The van der Waals surface area contributed by atoms with Crippen molar-refractivity contribution >= 4 is 17.5 Å². The van der Waals surface area contributed by atoms with Crippen LogP contribution >= 0.6 is 0 Å². The molecule has 7 heteroatoms. The zero-order valence-electron chi connectivity index (χ0n) is 17.9. The Balaban J connectivity index is 1.21. The Bertz CT molecular complexity index is 901. The number of rotatable bonds is 6. The third-order valence-electron chi connectivity index (χ3n) is 5.62. The van der Waals surface area contributed by atoms with Gasteiger partial charge >= 0.3 is 0 Å². The Kier molecular flexibility index (Phi) is 6.84. The number of nitrogens with zero attached hydrogens (tertiary/aromatic N) is 2. The second-order valence-electron chi connectivity index (χ2n) is 8.09. The Hall–Kier alpha value is -2.90. The fourth-order valence-corrected chi connectivity index (χ4v) is 3.93. The minimum atomic E-state index is -0.271. The van der Waals surface area contributed by atoms with E-state index < -0.39 is 0 Å². The van der Waals surface area contributed by atoms with Gasteiger partial charge < -0.3 is 19.7 Å². The number of carbonyl (C=O) groups is 2. The van der Waals surface area contributed by atoms with Crippen LogP contribution in [0.3, 0.4) is 0 Å². The number of amides is 2. The normalized spacial score (nSPS) is 19.3. The van der Waals surface area contributed by atoms with Gasteiger partial charge in [0.05, 0.1) is 6.54 Å². The summed E-state index contributed by atoms with van der Waals surface area (Å²) in [5.41, 5.74) is 1.87. The number of hydrogen-bond donors (Lipinski definition) is 1. The minimum Gasteiger partial charge on any atom is -0.457 e. The van der Waals surface area contributed by atoms with Gasteiger partial charge in [0.15, 0.2) is 0 Å². The van der Waals surface area contributed by atoms with Crippen molar-refractivity contribution in [2.75, 3.05) is 44.6 Å². The molecule has 0 bridgehead atoms. The van der Waals surface area contributed by atoms with E-state index in [9.17, 15) is 9.59 Å². The molecule has 0 spiro atoms. The largest absolute Gasteiger partial charge is 0.457 e. The molecule has 2 aromatic carbocycles. The molecule has 1 N–H and O–H groups in total. The number of nitrogens with one attached hydrogen (secondary N) is 1. The molecule has 2 heterocycles. The van der Waals surface area contributed by atoms with Crippen LogP contribution in [-0.4, -0.2) is 67.0 Å². The molecule has 0 saturated carbocycles. The van der Waals surface area contributed by atoms with Crippen LogP contribution in [0.1, 0.15) is 18.4 Å². The summed E-state index contributed by atoms with van der Waals surface area (Å²) in [4.78, 5) is 28.8. The van der Waals surface area contributed by atoms with Crippen molar-refractivity contribution in [3.05, 3.63) is 54.1 Å². The molecule has 2 fully saturated rings. The first-order valence-corrected chi connectivity index (χ1v) is 10.8. The molecule has 2 aliphatic heterocycles. The molecule has 2 saturated heterocycles. The van der Waals surface area contributed by atoms with Crippen LogP contribution in [0.25, 0.3) is 0 Å². The molecule has 0 aliphatic carbocycles. The molecule has 0 aromatic heterocycles. The first-order chi connectivity index (χ1) is 15.1. The van der Waals surface area contributed by atoms with Gasteiger partial charge in [0.1, 0.15) is 17.6 Å². The Labute approximate surface area is 182 Å². The van der Waals surface area contributed by atoms with Gasteiger partial charge in [-0.1, -0.05) is 12.1 Å². The molecule has 2 amide bonds. The average Bonchev–Trinajstić information content (AvgIpc) is 3.30.